The summed E-state index contributed by atoms with van der Waals surface area (Å²) in [6.07, 6.45) is 7.16. The van der Waals surface area contributed by atoms with Crippen LogP contribution in [0.3, 0.4) is 0 Å². The standard InChI is InChI=1S/C35H34Cl2FN7O4/c1-19(31-26(36)4-5-27(38)32(31)37)49-29-13-21(14-40-33(29)39)23-15-41-45(18-23)24-8-10-43(11-9-24)16-20-2-3-25-22(12-20)17-44(35(25)48)28-6-7-30(46)42-34(28)47/h2-5,12-15,18-19,24,28H,6-11,16-17H2,1H3,(H2,39,40)(H,42,46,47)/t19-,28?/m1/s1. The van der Waals surface area contributed by atoms with Crippen molar-refractivity contribution in [3.05, 3.63) is 93.1 Å². The molecule has 3 amide bonds. The van der Waals surface area contributed by atoms with Crippen LogP contribution in [0.25, 0.3) is 11.1 Å². The van der Waals surface area contributed by atoms with Crippen LogP contribution in [0.2, 0.25) is 10.0 Å². The van der Waals surface area contributed by atoms with Gasteiger partial charge in [-0.05, 0) is 61.6 Å². The summed E-state index contributed by atoms with van der Waals surface area (Å²) in [6, 6.07) is 9.92. The molecule has 5 heterocycles. The first-order chi connectivity index (χ1) is 23.5. The van der Waals surface area contributed by atoms with Crippen molar-refractivity contribution in [2.24, 2.45) is 0 Å². The van der Waals surface area contributed by atoms with Gasteiger partial charge in [-0.25, -0.2) is 9.37 Å². The molecule has 2 saturated heterocycles. The van der Waals surface area contributed by atoms with Gasteiger partial charge in [-0.2, -0.15) is 5.10 Å². The Morgan fingerprint density at radius 2 is 1.86 bits per heavy atom. The third-order valence-electron chi connectivity index (χ3n) is 9.53. The molecule has 0 radical (unpaired) electrons. The molecule has 11 nitrogen and oxygen atoms in total. The predicted octanol–water partition coefficient (Wildman–Crippen LogP) is 5.71. The largest absolute Gasteiger partial charge is 0.482 e. The molecule has 0 bridgehead atoms. The monoisotopic (exact) mass is 705 g/mol. The Hall–Kier alpha value is -4.52. The van der Waals surface area contributed by atoms with Gasteiger partial charge < -0.3 is 15.4 Å². The van der Waals surface area contributed by atoms with Gasteiger partial charge in [-0.1, -0.05) is 35.3 Å². The van der Waals surface area contributed by atoms with E-state index in [0.29, 0.717) is 29.8 Å². The van der Waals surface area contributed by atoms with Crippen molar-refractivity contribution in [2.75, 3.05) is 18.8 Å². The number of pyridine rings is 1. The number of piperidine rings is 2. The smallest absolute Gasteiger partial charge is 0.255 e. The van der Waals surface area contributed by atoms with E-state index >= 15 is 0 Å². The quantitative estimate of drug-likeness (QED) is 0.176. The summed E-state index contributed by atoms with van der Waals surface area (Å²) in [5.74, 6) is -0.951. The van der Waals surface area contributed by atoms with E-state index in [2.05, 4.69) is 26.4 Å². The van der Waals surface area contributed by atoms with E-state index < -0.39 is 23.9 Å². The van der Waals surface area contributed by atoms with E-state index in [0.717, 1.165) is 54.7 Å². The first-order valence-electron chi connectivity index (χ1n) is 16.1. The zero-order chi connectivity index (χ0) is 34.4. The van der Waals surface area contributed by atoms with Gasteiger partial charge in [0.1, 0.15) is 18.0 Å². The Kier molecular flexibility index (Phi) is 9.03. The van der Waals surface area contributed by atoms with Gasteiger partial charge in [0, 0.05) is 72.3 Å². The second-order valence-electron chi connectivity index (χ2n) is 12.7. The highest BCUT2D eigenvalue weighted by Crippen LogP contribution is 2.37. The van der Waals surface area contributed by atoms with Gasteiger partial charge in [-0.3, -0.25) is 29.3 Å². The minimum atomic E-state index is -0.685. The van der Waals surface area contributed by atoms with Crippen molar-refractivity contribution in [3.63, 3.8) is 0 Å². The lowest BCUT2D eigenvalue weighted by Crippen LogP contribution is -2.52. The van der Waals surface area contributed by atoms with Crippen molar-refractivity contribution in [1.29, 1.82) is 0 Å². The normalized spacial score (nSPS) is 19.2. The number of aromatic nitrogens is 3. The second-order valence-corrected chi connectivity index (χ2v) is 13.5. The van der Waals surface area contributed by atoms with E-state index in [1.54, 1.807) is 30.3 Å². The highest BCUT2D eigenvalue weighted by Gasteiger charge is 2.39. The average Bonchev–Trinajstić information content (AvgIpc) is 3.69. The first-order valence-corrected chi connectivity index (χ1v) is 16.9. The minimum absolute atomic E-state index is 0.0999. The number of imide groups is 1. The van der Waals surface area contributed by atoms with Gasteiger partial charge in [0.25, 0.3) is 5.91 Å². The lowest BCUT2D eigenvalue weighted by atomic mass is 10.0. The molecule has 3 N–H and O–H groups in total. The number of nitrogen functional groups attached to an aromatic ring is 1. The summed E-state index contributed by atoms with van der Waals surface area (Å²) in [7, 11) is 0. The molecule has 2 fully saturated rings. The van der Waals surface area contributed by atoms with Gasteiger partial charge in [0.15, 0.2) is 11.6 Å². The highest BCUT2D eigenvalue weighted by atomic mass is 35.5. The van der Waals surface area contributed by atoms with Crippen LogP contribution in [0.5, 0.6) is 5.75 Å². The number of nitrogens with zero attached hydrogens (tertiary/aromatic N) is 5. The third kappa shape index (κ3) is 6.60. The second kappa shape index (κ2) is 13.4. The van der Waals surface area contributed by atoms with Gasteiger partial charge >= 0.3 is 0 Å². The Morgan fingerprint density at radius 3 is 2.63 bits per heavy atom. The molecular formula is C35H34Cl2FN7O4. The van der Waals surface area contributed by atoms with Crippen LogP contribution in [0, 0.1) is 5.82 Å². The van der Waals surface area contributed by atoms with E-state index in [9.17, 15) is 18.8 Å². The van der Waals surface area contributed by atoms with Crippen molar-refractivity contribution in [2.45, 2.75) is 63.9 Å². The summed E-state index contributed by atoms with van der Waals surface area (Å²) in [5, 5.41) is 7.20. The van der Waals surface area contributed by atoms with Crippen LogP contribution in [-0.4, -0.2) is 61.4 Å². The van der Waals surface area contributed by atoms with Crippen LogP contribution < -0.4 is 15.8 Å². The SMILES string of the molecule is C[C@@H](Oc1cc(-c2cnn(C3CCN(Cc4ccc5c(c4)CN(C4CCC(=O)NC4=O)C5=O)CC3)c2)cnc1N)c1c(Cl)ccc(F)c1Cl. The van der Waals surface area contributed by atoms with Crippen LogP contribution in [0.1, 0.15) is 71.8 Å². The van der Waals surface area contributed by atoms with Crippen molar-refractivity contribution in [3.8, 4) is 16.9 Å². The fourth-order valence-corrected chi connectivity index (χ4v) is 7.56. The summed E-state index contributed by atoms with van der Waals surface area (Å²) in [5.41, 5.74) is 10.7. The van der Waals surface area contributed by atoms with E-state index in [1.165, 1.54) is 12.1 Å². The van der Waals surface area contributed by atoms with Gasteiger partial charge in [-0.15, -0.1) is 0 Å². The molecule has 1 unspecified atom stereocenters. The predicted molar refractivity (Wildman–Crippen MR) is 181 cm³/mol. The molecule has 0 saturated carbocycles. The van der Waals surface area contributed by atoms with Crippen LogP contribution >= 0.6 is 23.2 Å². The molecule has 2 aromatic heterocycles. The molecule has 3 aliphatic rings. The maximum Gasteiger partial charge on any atom is 0.255 e. The fourth-order valence-electron chi connectivity index (χ4n) is 6.89. The zero-order valence-corrected chi connectivity index (χ0v) is 28.2. The van der Waals surface area contributed by atoms with Crippen molar-refractivity contribution < 1.29 is 23.5 Å². The van der Waals surface area contributed by atoms with E-state index in [-0.39, 0.29) is 40.1 Å². The number of benzene rings is 2. The number of amides is 3. The summed E-state index contributed by atoms with van der Waals surface area (Å²) in [6.45, 7) is 4.59. The van der Waals surface area contributed by atoms with E-state index in [1.807, 2.05) is 23.0 Å². The molecule has 254 valence electrons. The number of halogens is 3. The number of fused-ring (bicyclic) bond motifs is 1. The number of hydrogen-bond acceptors (Lipinski definition) is 8. The molecule has 4 aromatic rings. The minimum Gasteiger partial charge on any atom is -0.482 e. The number of carbonyl (C=O) groups excluding carboxylic acids is 3. The number of likely N-dealkylation sites (tertiary alicyclic amines) is 1. The molecule has 14 heteroatoms. The van der Waals surface area contributed by atoms with E-state index in [4.69, 9.17) is 33.7 Å². The molecule has 3 aliphatic heterocycles. The lowest BCUT2D eigenvalue weighted by Gasteiger charge is -2.32. The Balaban J connectivity index is 0.962. The van der Waals surface area contributed by atoms with Crippen LogP contribution in [0.15, 0.2) is 55.0 Å². The maximum atomic E-state index is 14.1. The van der Waals surface area contributed by atoms with Crippen molar-refractivity contribution in [1.82, 2.24) is 29.9 Å². The van der Waals surface area contributed by atoms with Crippen molar-refractivity contribution >= 4 is 46.7 Å². The maximum absolute atomic E-state index is 14.1. The highest BCUT2D eigenvalue weighted by molar-refractivity contribution is 6.36. The molecule has 0 spiro atoms. The average molecular weight is 707 g/mol. The number of nitrogens with one attached hydrogen (secondary N) is 1. The molecule has 7 rings (SSSR count). The molecule has 49 heavy (non-hydrogen) atoms. The van der Waals surface area contributed by atoms with Crippen LogP contribution in [-0.2, 0) is 22.7 Å². The number of anilines is 1. The molecule has 2 atom stereocenters. The van der Waals surface area contributed by atoms with Gasteiger partial charge in [0.2, 0.25) is 11.8 Å². The Morgan fingerprint density at radius 1 is 1.06 bits per heavy atom. The third-order valence-corrected chi connectivity index (χ3v) is 10.2. The number of rotatable bonds is 8. The summed E-state index contributed by atoms with van der Waals surface area (Å²) >= 11 is 12.5. The van der Waals surface area contributed by atoms with Gasteiger partial charge in [0.05, 0.1) is 17.3 Å². The summed E-state index contributed by atoms with van der Waals surface area (Å²) < 4.78 is 22.2. The number of hydrogen-bond donors (Lipinski definition) is 2. The zero-order valence-electron chi connectivity index (χ0n) is 26.7. The molecular weight excluding hydrogens is 672 g/mol. The topological polar surface area (TPSA) is 136 Å². The Labute approximate surface area is 292 Å². The Bertz CT molecular complexity index is 1960. The summed E-state index contributed by atoms with van der Waals surface area (Å²) in [4.78, 5) is 45.3. The lowest BCUT2D eigenvalue weighted by molar-refractivity contribution is -0.136. The number of carbonyl (C=O) groups is 3. The number of ether oxygens (including phenoxy) is 1. The molecule has 2 aromatic carbocycles. The van der Waals surface area contributed by atoms with Crippen LogP contribution in [0.4, 0.5) is 10.2 Å². The fraction of sp³-hybridized carbons (Fsp3) is 0.343. The number of nitrogens with two attached hydrogens (primary N) is 1. The first kappa shape index (κ1) is 33.0. The molecule has 0 aliphatic carbocycles.